The molecule has 1 heterocycles. The molecule has 0 amide bonds. The van der Waals surface area contributed by atoms with Crippen LogP contribution in [0.3, 0.4) is 0 Å². The van der Waals surface area contributed by atoms with Crippen LogP contribution in [0.2, 0.25) is 0 Å². The van der Waals surface area contributed by atoms with Gasteiger partial charge in [-0.1, -0.05) is 6.92 Å². The van der Waals surface area contributed by atoms with Crippen molar-refractivity contribution < 1.29 is 0 Å². The second-order valence-corrected chi connectivity index (χ2v) is 4.67. The molecule has 1 fully saturated rings. The quantitative estimate of drug-likeness (QED) is 0.704. The smallest absolute Gasteiger partial charge is 0.00680 e. The first-order valence-corrected chi connectivity index (χ1v) is 6.17. The van der Waals surface area contributed by atoms with E-state index in [0.29, 0.717) is 0 Å². The third-order valence-corrected chi connectivity index (χ3v) is 3.57. The maximum absolute atomic E-state index is 3.56. The molecule has 1 rings (SSSR count). The Morgan fingerprint density at radius 1 is 1.50 bits per heavy atom. The molecule has 1 aliphatic rings. The standard InChI is InChI=1S/C12H26N2/c1-4-11(2)14(3)10-6-8-12-7-5-9-13-12/h11-13H,4-10H2,1-3H3. The van der Waals surface area contributed by atoms with Crippen LogP contribution in [0, 0.1) is 0 Å². The van der Waals surface area contributed by atoms with Crippen molar-refractivity contribution in [2.75, 3.05) is 20.1 Å². The lowest BCUT2D eigenvalue weighted by atomic mass is 10.1. The first kappa shape index (κ1) is 12.0. The molecule has 0 radical (unpaired) electrons. The van der Waals surface area contributed by atoms with Gasteiger partial charge in [-0.15, -0.1) is 0 Å². The highest BCUT2D eigenvalue weighted by atomic mass is 15.1. The predicted molar refractivity (Wildman–Crippen MR) is 62.6 cm³/mol. The summed E-state index contributed by atoms with van der Waals surface area (Å²) >= 11 is 0. The minimum absolute atomic E-state index is 0.742. The van der Waals surface area contributed by atoms with E-state index >= 15 is 0 Å². The highest BCUT2D eigenvalue weighted by Gasteiger charge is 2.14. The minimum atomic E-state index is 0.742. The number of hydrogen-bond donors (Lipinski definition) is 1. The molecule has 0 saturated carbocycles. The molecule has 0 aromatic carbocycles. The molecule has 1 saturated heterocycles. The molecule has 0 spiro atoms. The van der Waals surface area contributed by atoms with Gasteiger partial charge in [-0.2, -0.15) is 0 Å². The fraction of sp³-hybridized carbons (Fsp3) is 1.00. The van der Waals surface area contributed by atoms with Crippen LogP contribution in [0.4, 0.5) is 0 Å². The van der Waals surface area contributed by atoms with Crippen molar-refractivity contribution in [2.45, 2.75) is 58.0 Å². The third-order valence-electron chi connectivity index (χ3n) is 3.57. The van der Waals surface area contributed by atoms with Gasteiger partial charge in [0.15, 0.2) is 0 Å². The van der Waals surface area contributed by atoms with Gasteiger partial charge in [0.25, 0.3) is 0 Å². The van der Waals surface area contributed by atoms with Crippen LogP contribution in [0.15, 0.2) is 0 Å². The summed E-state index contributed by atoms with van der Waals surface area (Å²) in [4.78, 5) is 2.48. The van der Waals surface area contributed by atoms with Gasteiger partial charge in [0.1, 0.15) is 0 Å². The van der Waals surface area contributed by atoms with Crippen LogP contribution in [0.5, 0.6) is 0 Å². The van der Waals surface area contributed by atoms with E-state index in [4.69, 9.17) is 0 Å². The van der Waals surface area contributed by atoms with Crippen molar-refractivity contribution in [3.63, 3.8) is 0 Å². The Bertz CT molecular complexity index is 141. The van der Waals surface area contributed by atoms with Gasteiger partial charge in [-0.3, -0.25) is 0 Å². The first-order valence-electron chi connectivity index (χ1n) is 6.17. The largest absolute Gasteiger partial charge is 0.314 e. The molecule has 14 heavy (non-hydrogen) atoms. The lowest BCUT2D eigenvalue weighted by molar-refractivity contribution is 0.244. The molecule has 1 N–H and O–H groups in total. The van der Waals surface area contributed by atoms with Gasteiger partial charge >= 0.3 is 0 Å². The Labute approximate surface area is 89.1 Å². The van der Waals surface area contributed by atoms with Crippen LogP contribution in [0.1, 0.15) is 46.0 Å². The number of nitrogens with one attached hydrogen (secondary N) is 1. The van der Waals surface area contributed by atoms with Crippen molar-refractivity contribution in [1.82, 2.24) is 10.2 Å². The fourth-order valence-electron chi connectivity index (χ4n) is 2.12. The van der Waals surface area contributed by atoms with Crippen molar-refractivity contribution in [2.24, 2.45) is 0 Å². The average Bonchev–Trinajstić information content (AvgIpc) is 2.69. The summed E-state index contributed by atoms with van der Waals surface area (Å²) in [6.07, 6.45) is 6.75. The molecular formula is C12H26N2. The first-order chi connectivity index (χ1) is 6.74. The Morgan fingerprint density at radius 3 is 2.86 bits per heavy atom. The summed E-state index contributed by atoms with van der Waals surface area (Å²) in [6, 6.07) is 1.56. The lowest BCUT2D eigenvalue weighted by Gasteiger charge is -2.23. The van der Waals surface area contributed by atoms with Crippen LogP contribution in [-0.4, -0.2) is 37.1 Å². The Hall–Kier alpha value is -0.0800. The van der Waals surface area contributed by atoms with E-state index in [0.717, 1.165) is 12.1 Å². The topological polar surface area (TPSA) is 15.3 Å². The number of nitrogens with zero attached hydrogens (tertiary/aromatic N) is 1. The molecule has 2 heteroatoms. The number of hydrogen-bond acceptors (Lipinski definition) is 2. The summed E-state index contributed by atoms with van der Waals surface area (Å²) < 4.78 is 0. The van der Waals surface area contributed by atoms with Crippen molar-refractivity contribution in [1.29, 1.82) is 0 Å². The molecule has 0 bridgehead atoms. The van der Waals surface area contributed by atoms with E-state index in [-0.39, 0.29) is 0 Å². The lowest BCUT2D eigenvalue weighted by Crippen LogP contribution is -2.30. The fourth-order valence-corrected chi connectivity index (χ4v) is 2.12. The maximum atomic E-state index is 3.56. The van der Waals surface area contributed by atoms with Gasteiger partial charge in [0, 0.05) is 12.1 Å². The van der Waals surface area contributed by atoms with Crippen LogP contribution < -0.4 is 5.32 Å². The van der Waals surface area contributed by atoms with Crippen molar-refractivity contribution >= 4 is 0 Å². The summed E-state index contributed by atoms with van der Waals surface area (Å²) in [5.74, 6) is 0. The van der Waals surface area contributed by atoms with E-state index in [2.05, 4.69) is 31.1 Å². The zero-order valence-corrected chi connectivity index (χ0v) is 10.1. The van der Waals surface area contributed by atoms with E-state index in [1.165, 1.54) is 45.2 Å². The Balaban J connectivity index is 2.02. The second kappa shape index (κ2) is 6.41. The minimum Gasteiger partial charge on any atom is -0.314 e. The molecule has 1 aliphatic heterocycles. The summed E-state index contributed by atoms with van der Waals surface area (Å²) in [5, 5.41) is 3.56. The second-order valence-electron chi connectivity index (χ2n) is 4.67. The van der Waals surface area contributed by atoms with Crippen molar-refractivity contribution in [3.8, 4) is 0 Å². The Kier molecular flexibility index (Phi) is 5.49. The van der Waals surface area contributed by atoms with Gasteiger partial charge < -0.3 is 10.2 Å². The molecule has 0 aromatic rings. The highest BCUT2D eigenvalue weighted by Crippen LogP contribution is 2.11. The van der Waals surface area contributed by atoms with E-state index in [1.807, 2.05) is 0 Å². The van der Waals surface area contributed by atoms with Gasteiger partial charge in [-0.25, -0.2) is 0 Å². The van der Waals surface area contributed by atoms with E-state index < -0.39 is 0 Å². The van der Waals surface area contributed by atoms with Crippen LogP contribution >= 0.6 is 0 Å². The highest BCUT2D eigenvalue weighted by molar-refractivity contribution is 4.74. The van der Waals surface area contributed by atoms with Gasteiger partial charge in [0.2, 0.25) is 0 Å². The average molecular weight is 198 g/mol. The summed E-state index contributed by atoms with van der Waals surface area (Å²) in [7, 11) is 2.25. The monoisotopic (exact) mass is 198 g/mol. The zero-order chi connectivity index (χ0) is 10.4. The maximum Gasteiger partial charge on any atom is 0.00680 e. The molecular weight excluding hydrogens is 172 g/mol. The molecule has 0 aliphatic carbocycles. The van der Waals surface area contributed by atoms with E-state index in [1.54, 1.807) is 0 Å². The van der Waals surface area contributed by atoms with Gasteiger partial charge in [-0.05, 0) is 59.2 Å². The molecule has 2 unspecified atom stereocenters. The zero-order valence-electron chi connectivity index (χ0n) is 10.1. The third kappa shape index (κ3) is 3.97. The summed E-state index contributed by atoms with van der Waals surface area (Å²) in [6.45, 7) is 7.08. The predicted octanol–water partition coefficient (Wildman–Crippen LogP) is 2.25. The molecule has 2 atom stereocenters. The Morgan fingerprint density at radius 2 is 2.29 bits per heavy atom. The van der Waals surface area contributed by atoms with Crippen LogP contribution in [0.25, 0.3) is 0 Å². The van der Waals surface area contributed by atoms with Gasteiger partial charge in [0.05, 0.1) is 0 Å². The number of rotatable bonds is 6. The molecule has 0 aromatic heterocycles. The van der Waals surface area contributed by atoms with E-state index in [9.17, 15) is 0 Å². The SMILES string of the molecule is CCC(C)N(C)CCCC1CCCN1. The summed E-state index contributed by atoms with van der Waals surface area (Å²) in [5.41, 5.74) is 0. The van der Waals surface area contributed by atoms with Crippen molar-refractivity contribution in [3.05, 3.63) is 0 Å². The normalized spacial score (nSPS) is 24.4. The molecule has 84 valence electrons. The van der Waals surface area contributed by atoms with Crippen LogP contribution in [-0.2, 0) is 0 Å². The molecule has 2 nitrogen and oxygen atoms in total.